The molecule has 1 heterocycles. The van der Waals surface area contributed by atoms with E-state index in [-0.39, 0.29) is 17.8 Å². The van der Waals surface area contributed by atoms with Gasteiger partial charge in [-0.15, -0.1) is 0 Å². The summed E-state index contributed by atoms with van der Waals surface area (Å²) in [6, 6.07) is 21.2. The minimum Gasteiger partial charge on any atom is -0.494 e. The molecule has 5 nitrogen and oxygen atoms in total. The predicted molar refractivity (Wildman–Crippen MR) is 127 cm³/mol. The van der Waals surface area contributed by atoms with E-state index in [4.69, 9.17) is 27.9 Å². The fraction of sp³-hybridized carbons (Fsp3) is 0.120. The second-order valence-corrected chi connectivity index (χ2v) is 7.97. The van der Waals surface area contributed by atoms with E-state index in [1.165, 1.54) is 4.90 Å². The van der Waals surface area contributed by atoms with Crippen LogP contribution in [0.3, 0.4) is 0 Å². The van der Waals surface area contributed by atoms with Crippen molar-refractivity contribution in [2.45, 2.75) is 13.5 Å². The molecular formula is C25H20Cl2N2O3. The van der Waals surface area contributed by atoms with Crippen molar-refractivity contribution in [3.05, 3.63) is 99.7 Å². The lowest BCUT2D eigenvalue weighted by Crippen LogP contribution is -2.32. The lowest BCUT2D eigenvalue weighted by Gasteiger charge is -2.16. The van der Waals surface area contributed by atoms with Gasteiger partial charge in [0.15, 0.2) is 0 Å². The quantitative estimate of drug-likeness (QED) is 0.448. The van der Waals surface area contributed by atoms with Crippen molar-refractivity contribution >= 4 is 46.3 Å². The zero-order chi connectivity index (χ0) is 22.7. The van der Waals surface area contributed by atoms with E-state index in [1.54, 1.807) is 66.7 Å². The number of rotatable bonds is 7. The summed E-state index contributed by atoms with van der Waals surface area (Å²) < 4.78 is 5.47. The van der Waals surface area contributed by atoms with Gasteiger partial charge in [-0.3, -0.25) is 14.5 Å². The summed E-state index contributed by atoms with van der Waals surface area (Å²) in [5.74, 6) is -0.0986. The number of nitrogens with zero attached hydrogens (tertiary/aromatic N) is 1. The normalized spacial score (nSPS) is 13.7. The van der Waals surface area contributed by atoms with Crippen molar-refractivity contribution in [2.24, 2.45) is 0 Å². The molecule has 4 rings (SSSR count). The van der Waals surface area contributed by atoms with Crippen LogP contribution in [0.1, 0.15) is 18.1 Å². The molecule has 0 aromatic heterocycles. The number of amides is 2. The lowest BCUT2D eigenvalue weighted by atomic mass is 10.0. The molecule has 1 N–H and O–H groups in total. The summed E-state index contributed by atoms with van der Waals surface area (Å²) in [5, 5.41) is 4.17. The van der Waals surface area contributed by atoms with Gasteiger partial charge >= 0.3 is 0 Å². The molecule has 3 aromatic carbocycles. The van der Waals surface area contributed by atoms with Crippen LogP contribution < -0.4 is 10.1 Å². The van der Waals surface area contributed by atoms with E-state index in [2.05, 4.69) is 5.32 Å². The van der Waals surface area contributed by atoms with Gasteiger partial charge < -0.3 is 10.1 Å². The first-order valence-corrected chi connectivity index (χ1v) is 10.8. The van der Waals surface area contributed by atoms with Crippen LogP contribution in [0.4, 0.5) is 5.69 Å². The largest absolute Gasteiger partial charge is 0.494 e. The van der Waals surface area contributed by atoms with Crippen molar-refractivity contribution in [1.29, 1.82) is 0 Å². The summed E-state index contributed by atoms with van der Waals surface area (Å²) in [4.78, 5) is 27.9. The third-order valence-electron chi connectivity index (χ3n) is 5.02. The van der Waals surface area contributed by atoms with Gasteiger partial charge in [-0.25, -0.2) is 0 Å². The van der Waals surface area contributed by atoms with E-state index >= 15 is 0 Å². The Labute approximate surface area is 196 Å². The van der Waals surface area contributed by atoms with Gasteiger partial charge in [0.1, 0.15) is 11.4 Å². The highest BCUT2D eigenvalue weighted by Crippen LogP contribution is 2.33. The van der Waals surface area contributed by atoms with Gasteiger partial charge in [-0.1, -0.05) is 53.5 Å². The van der Waals surface area contributed by atoms with Crippen LogP contribution in [-0.4, -0.2) is 23.3 Å². The third-order valence-corrected chi connectivity index (χ3v) is 5.64. The minimum absolute atomic E-state index is 0.0723. The highest BCUT2D eigenvalue weighted by molar-refractivity contribution is 6.37. The van der Waals surface area contributed by atoms with Crippen LogP contribution in [-0.2, 0) is 16.1 Å². The van der Waals surface area contributed by atoms with Gasteiger partial charge in [-0.05, 0) is 60.5 Å². The lowest BCUT2D eigenvalue weighted by molar-refractivity contribution is -0.137. The molecular weight excluding hydrogens is 447 g/mol. The summed E-state index contributed by atoms with van der Waals surface area (Å²) in [6.07, 6.45) is 0. The van der Waals surface area contributed by atoms with E-state index in [1.807, 2.05) is 13.0 Å². The molecule has 162 valence electrons. The molecule has 0 unspecified atom stereocenters. The van der Waals surface area contributed by atoms with Crippen molar-refractivity contribution in [1.82, 2.24) is 4.90 Å². The van der Waals surface area contributed by atoms with Crippen molar-refractivity contribution in [3.8, 4) is 5.75 Å². The van der Waals surface area contributed by atoms with Gasteiger partial charge in [0.25, 0.3) is 11.8 Å². The maximum Gasteiger partial charge on any atom is 0.278 e. The number of halogens is 2. The first kappa shape index (κ1) is 21.9. The third kappa shape index (κ3) is 4.49. The number of hydrogen-bond acceptors (Lipinski definition) is 4. The Kier molecular flexibility index (Phi) is 6.49. The zero-order valence-corrected chi connectivity index (χ0v) is 18.8. The van der Waals surface area contributed by atoms with Gasteiger partial charge in [-0.2, -0.15) is 0 Å². The van der Waals surface area contributed by atoms with Gasteiger partial charge in [0, 0.05) is 15.7 Å². The number of carbonyl (C=O) groups excluding carboxylic acids is 2. The van der Waals surface area contributed by atoms with Crippen LogP contribution in [0.5, 0.6) is 5.75 Å². The molecule has 2 amide bonds. The number of imide groups is 1. The SMILES string of the molecule is CCOc1ccc(NC2=C(c3ccc(Cl)cc3)C(=O)N(Cc3ccccc3Cl)C2=O)cc1. The number of nitrogens with one attached hydrogen (secondary N) is 1. The predicted octanol–water partition coefficient (Wildman–Crippen LogP) is 5.78. The number of benzene rings is 3. The zero-order valence-electron chi connectivity index (χ0n) is 17.3. The van der Waals surface area contributed by atoms with E-state index < -0.39 is 11.8 Å². The second-order valence-electron chi connectivity index (χ2n) is 7.13. The summed E-state index contributed by atoms with van der Waals surface area (Å²) in [7, 11) is 0. The van der Waals surface area contributed by atoms with E-state index in [9.17, 15) is 9.59 Å². The molecule has 0 saturated heterocycles. The molecule has 1 aliphatic rings. The Morgan fingerprint density at radius 1 is 0.875 bits per heavy atom. The van der Waals surface area contributed by atoms with Crippen LogP contribution in [0.2, 0.25) is 10.0 Å². The van der Waals surface area contributed by atoms with Crippen molar-refractivity contribution < 1.29 is 14.3 Å². The molecule has 3 aromatic rings. The van der Waals surface area contributed by atoms with Crippen molar-refractivity contribution in [3.63, 3.8) is 0 Å². The molecule has 0 bridgehead atoms. The fourth-order valence-corrected chi connectivity index (χ4v) is 3.78. The summed E-state index contributed by atoms with van der Waals surface area (Å²) in [6.45, 7) is 2.54. The van der Waals surface area contributed by atoms with Crippen LogP contribution >= 0.6 is 23.2 Å². The minimum atomic E-state index is -0.422. The molecule has 1 aliphatic heterocycles. The second kappa shape index (κ2) is 9.47. The Morgan fingerprint density at radius 2 is 1.56 bits per heavy atom. The van der Waals surface area contributed by atoms with Gasteiger partial charge in [0.05, 0.1) is 18.7 Å². The number of anilines is 1. The maximum atomic E-state index is 13.4. The Bertz CT molecular complexity index is 1190. The monoisotopic (exact) mass is 466 g/mol. The van der Waals surface area contributed by atoms with Gasteiger partial charge in [0.2, 0.25) is 0 Å². The average Bonchev–Trinajstić information content (AvgIpc) is 3.01. The fourth-order valence-electron chi connectivity index (χ4n) is 3.46. The highest BCUT2D eigenvalue weighted by atomic mass is 35.5. The Hall–Kier alpha value is -3.28. The Morgan fingerprint density at radius 3 is 2.22 bits per heavy atom. The first-order chi connectivity index (χ1) is 15.5. The molecule has 0 saturated carbocycles. The molecule has 0 aliphatic carbocycles. The Balaban J connectivity index is 1.70. The van der Waals surface area contributed by atoms with E-state index in [0.29, 0.717) is 33.5 Å². The van der Waals surface area contributed by atoms with Crippen LogP contribution in [0.25, 0.3) is 5.57 Å². The molecule has 7 heteroatoms. The molecule has 0 radical (unpaired) electrons. The number of carbonyl (C=O) groups is 2. The molecule has 0 atom stereocenters. The smallest absolute Gasteiger partial charge is 0.278 e. The topological polar surface area (TPSA) is 58.6 Å². The number of ether oxygens (including phenoxy) is 1. The standard InChI is InChI=1S/C25H20Cl2N2O3/c1-2-32-20-13-11-19(12-14-20)28-23-22(16-7-9-18(26)10-8-16)24(30)29(25(23)31)15-17-5-3-4-6-21(17)27/h3-14,28H,2,15H2,1H3. The maximum absolute atomic E-state index is 13.4. The van der Waals surface area contributed by atoms with Crippen LogP contribution in [0.15, 0.2) is 78.5 Å². The first-order valence-electron chi connectivity index (χ1n) is 10.1. The molecule has 0 fully saturated rings. The number of hydrogen-bond donors (Lipinski definition) is 1. The average molecular weight is 467 g/mol. The van der Waals surface area contributed by atoms with E-state index in [0.717, 1.165) is 5.75 Å². The molecule has 32 heavy (non-hydrogen) atoms. The van der Waals surface area contributed by atoms with Crippen molar-refractivity contribution in [2.75, 3.05) is 11.9 Å². The van der Waals surface area contributed by atoms with Crippen LogP contribution in [0, 0.1) is 0 Å². The highest BCUT2D eigenvalue weighted by Gasteiger charge is 2.39. The summed E-state index contributed by atoms with van der Waals surface area (Å²) in [5.41, 5.74) is 2.44. The summed E-state index contributed by atoms with van der Waals surface area (Å²) >= 11 is 12.3. The molecule has 0 spiro atoms.